The molecule has 126 valence electrons. The maximum atomic E-state index is 12.0. The van der Waals surface area contributed by atoms with Gasteiger partial charge in [-0.2, -0.15) is 0 Å². The second kappa shape index (κ2) is 7.01. The molecule has 4 nitrogen and oxygen atoms in total. The average Bonchev–Trinajstić information content (AvgIpc) is 3.08. The Hall–Kier alpha value is -1.06. The summed E-state index contributed by atoms with van der Waals surface area (Å²) in [4.78, 5) is 23.9. The Morgan fingerprint density at radius 3 is 2.45 bits per heavy atom. The molecule has 4 atom stereocenters. The van der Waals surface area contributed by atoms with Gasteiger partial charge in [0.1, 0.15) is 12.7 Å². The second-order valence-electron chi connectivity index (χ2n) is 7.48. The molecule has 2 aliphatic carbocycles. The normalized spacial score (nSPS) is 30.4. The Kier molecular flexibility index (Phi) is 5.51. The van der Waals surface area contributed by atoms with Gasteiger partial charge in [-0.1, -0.05) is 13.8 Å². The molecule has 0 aromatic heterocycles. The third-order valence-electron chi connectivity index (χ3n) is 5.72. The van der Waals surface area contributed by atoms with Crippen molar-refractivity contribution >= 4 is 11.9 Å². The highest BCUT2D eigenvalue weighted by molar-refractivity contribution is 5.76. The minimum absolute atomic E-state index is 0.0963. The maximum Gasteiger partial charge on any atom is 0.311 e. The van der Waals surface area contributed by atoms with E-state index in [0.29, 0.717) is 11.8 Å². The van der Waals surface area contributed by atoms with Gasteiger partial charge in [0.25, 0.3) is 0 Å². The summed E-state index contributed by atoms with van der Waals surface area (Å²) in [5.74, 6) is 1.37. The molecule has 4 heteroatoms. The molecule has 2 bridgehead atoms. The molecule has 0 aliphatic heterocycles. The molecular weight excluding hydrogens is 280 g/mol. The van der Waals surface area contributed by atoms with Crippen molar-refractivity contribution in [1.29, 1.82) is 0 Å². The highest BCUT2D eigenvalue weighted by atomic mass is 16.6. The van der Waals surface area contributed by atoms with E-state index in [1.165, 1.54) is 19.3 Å². The summed E-state index contributed by atoms with van der Waals surface area (Å²) in [5, 5.41) is 0. The van der Waals surface area contributed by atoms with Crippen molar-refractivity contribution in [1.82, 2.24) is 0 Å². The molecule has 0 heterocycles. The number of hydrogen-bond acceptors (Lipinski definition) is 4. The van der Waals surface area contributed by atoms with Gasteiger partial charge in [-0.15, -0.1) is 0 Å². The Morgan fingerprint density at radius 2 is 1.82 bits per heavy atom. The minimum atomic E-state index is -0.484. The molecule has 0 amide bonds. The van der Waals surface area contributed by atoms with Crippen molar-refractivity contribution < 1.29 is 19.1 Å². The van der Waals surface area contributed by atoms with Gasteiger partial charge < -0.3 is 9.47 Å². The highest BCUT2D eigenvalue weighted by Gasteiger charge is 2.48. The first kappa shape index (κ1) is 17.3. The Bertz CT molecular complexity index is 415. The van der Waals surface area contributed by atoms with Crippen LogP contribution in [0, 0.1) is 23.2 Å². The summed E-state index contributed by atoms with van der Waals surface area (Å²) in [5.41, 5.74) is -0.484. The third kappa shape index (κ3) is 3.64. The summed E-state index contributed by atoms with van der Waals surface area (Å²) >= 11 is 0. The van der Waals surface area contributed by atoms with Crippen molar-refractivity contribution in [2.45, 2.75) is 72.3 Å². The van der Waals surface area contributed by atoms with Crippen LogP contribution in [0.25, 0.3) is 0 Å². The quantitative estimate of drug-likeness (QED) is 0.672. The fraction of sp³-hybridized carbons (Fsp3) is 0.889. The lowest BCUT2D eigenvalue weighted by Gasteiger charge is -2.30. The Balaban J connectivity index is 1.73. The first-order chi connectivity index (χ1) is 10.4. The van der Waals surface area contributed by atoms with Gasteiger partial charge in [0.2, 0.25) is 0 Å². The topological polar surface area (TPSA) is 52.6 Å². The lowest BCUT2D eigenvalue weighted by atomic mass is 9.84. The summed E-state index contributed by atoms with van der Waals surface area (Å²) in [7, 11) is 0. The Labute approximate surface area is 133 Å². The zero-order valence-electron chi connectivity index (χ0n) is 14.4. The van der Waals surface area contributed by atoms with Gasteiger partial charge in [0.15, 0.2) is 0 Å². The third-order valence-corrected chi connectivity index (χ3v) is 5.72. The van der Waals surface area contributed by atoms with Crippen LogP contribution >= 0.6 is 0 Å². The predicted molar refractivity (Wildman–Crippen MR) is 84.1 cm³/mol. The molecular formula is C18H30O4. The molecule has 0 N–H and O–H groups in total. The predicted octanol–water partition coefficient (Wildman–Crippen LogP) is 3.72. The van der Waals surface area contributed by atoms with E-state index in [0.717, 1.165) is 18.8 Å². The van der Waals surface area contributed by atoms with Crippen LogP contribution in [-0.4, -0.2) is 24.6 Å². The van der Waals surface area contributed by atoms with Crippen LogP contribution < -0.4 is 0 Å². The molecule has 0 spiro atoms. The number of ether oxygens (including phenoxy) is 2. The molecule has 2 rings (SSSR count). The molecule has 2 aliphatic rings. The first-order valence-electron chi connectivity index (χ1n) is 8.75. The van der Waals surface area contributed by atoms with Gasteiger partial charge in [0.05, 0.1) is 11.8 Å². The zero-order valence-corrected chi connectivity index (χ0v) is 14.4. The molecule has 0 radical (unpaired) electrons. The maximum absolute atomic E-state index is 12.0. The van der Waals surface area contributed by atoms with Crippen LogP contribution in [0.15, 0.2) is 0 Å². The molecule has 0 aromatic rings. The highest BCUT2D eigenvalue weighted by Crippen LogP contribution is 2.51. The van der Waals surface area contributed by atoms with Gasteiger partial charge in [-0.25, -0.2) is 0 Å². The number of carbonyl (C=O) groups is 2. The summed E-state index contributed by atoms with van der Waals surface area (Å²) in [6, 6.07) is 0. The van der Waals surface area contributed by atoms with Gasteiger partial charge >= 0.3 is 11.9 Å². The van der Waals surface area contributed by atoms with E-state index >= 15 is 0 Å². The second-order valence-corrected chi connectivity index (χ2v) is 7.48. The van der Waals surface area contributed by atoms with Crippen molar-refractivity contribution in [3.05, 3.63) is 0 Å². The van der Waals surface area contributed by atoms with Crippen molar-refractivity contribution in [2.75, 3.05) is 6.61 Å². The molecule has 0 aromatic carbocycles. The summed E-state index contributed by atoms with van der Waals surface area (Å²) in [6.45, 7) is 7.97. The van der Waals surface area contributed by atoms with E-state index < -0.39 is 5.41 Å². The molecule has 22 heavy (non-hydrogen) atoms. The fourth-order valence-corrected chi connectivity index (χ4v) is 3.88. The molecule has 0 saturated heterocycles. The zero-order chi connectivity index (χ0) is 16.3. The lowest BCUT2D eigenvalue weighted by molar-refractivity contribution is -0.160. The molecule has 4 unspecified atom stereocenters. The van der Waals surface area contributed by atoms with Gasteiger partial charge in [0, 0.05) is 0 Å². The Morgan fingerprint density at radius 1 is 1.14 bits per heavy atom. The number of fused-ring (bicyclic) bond motifs is 2. The van der Waals surface area contributed by atoms with E-state index in [1.807, 2.05) is 20.8 Å². The van der Waals surface area contributed by atoms with Crippen molar-refractivity contribution in [2.24, 2.45) is 23.2 Å². The monoisotopic (exact) mass is 310 g/mol. The number of carbonyl (C=O) groups excluding carboxylic acids is 2. The van der Waals surface area contributed by atoms with Crippen molar-refractivity contribution in [3.63, 3.8) is 0 Å². The fourth-order valence-electron chi connectivity index (χ4n) is 3.88. The minimum Gasteiger partial charge on any atom is -0.465 e. The smallest absolute Gasteiger partial charge is 0.311 e. The van der Waals surface area contributed by atoms with E-state index in [1.54, 1.807) is 0 Å². The number of hydrogen-bond donors (Lipinski definition) is 0. The largest absolute Gasteiger partial charge is 0.465 e. The van der Waals surface area contributed by atoms with E-state index in [9.17, 15) is 9.59 Å². The number of rotatable bonds is 7. The lowest BCUT2D eigenvalue weighted by Crippen LogP contribution is -2.33. The average molecular weight is 310 g/mol. The van der Waals surface area contributed by atoms with Crippen LogP contribution in [0.3, 0.4) is 0 Å². The summed E-state index contributed by atoms with van der Waals surface area (Å²) < 4.78 is 10.9. The first-order valence-corrected chi connectivity index (χ1v) is 8.75. The summed E-state index contributed by atoms with van der Waals surface area (Å²) in [6.07, 6.45) is 5.77. The van der Waals surface area contributed by atoms with Crippen LogP contribution in [0.5, 0.6) is 0 Å². The van der Waals surface area contributed by atoms with Gasteiger partial charge in [-0.05, 0) is 63.7 Å². The van der Waals surface area contributed by atoms with E-state index in [-0.39, 0.29) is 31.1 Å². The van der Waals surface area contributed by atoms with Crippen LogP contribution in [0.4, 0.5) is 0 Å². The van der Waals surface area contributed by atoms with Crippen molar-refractivity contribution in [3.8, 4) is 0 Å². The number of esters is 2. The van der Waals surface area contributed by atoms with Gasteiger partial charge in [-0.3, -0.25) is 9.59 Å². The van der Waals surface area contributed by atoms with E-state index in [4.69, 9.17) is 9.47 Å². The standard InChI is InChI=1S/C18H30O4/c1-5-14-12-7-8-13(11-12)16(14)22-15(19)9-10-21-17(20)18(3,4)6-2/h12-14,16H,5-11H2,1-4H3. The van der Waals surface area contributed by atoms with Crippen LogP contribution in [0.2, 0.25) is 0 Å². The van der Waals surface area contributed by atoms with Crippen LogP contribution in [0.1, 0.15) is 66.2 Å². The molecule has 2 saturated carbocycles. The SMILES string of the molecule is CCC1C2CCC(C2)C1OC(=O)CCOC(=O)C(C)(C)CC. The molecule has 2 fully saturated rings. The van der Waals surface area contributed by atoms with E-state index in [2.05, 4.69) is 6.92 Å². The van der Waals surface area contributed by atoms with Crippen LogP contribution in [-0.2, 0) is 19.1 Å².